The Morgan fingerprint density at radius 1 is 0.932 bits per heavy atom. The van der Waals surface area contributed by atoms with Crippen LogP contribution >= 0.6 is 11.3 Å². The van der Waals surface area contributed by atoms with Gasteiger partial charge in [0.05, 0.1) is 32.9 Å². The Kier molecular flexibility index (Phi) is 12.1. The van der Waals surface area contributed by atoms with Gasteiger partial charge in [0.1, 0.15) is 6.54 Å². The minimum atomic E-state index is -0.408. The maximum Gasteiger partial charge on any atom is 0.338 e. The number of carbonyl (C=O) groups is 3. The van der Waals surface area contributed by atoms with Crippen LogP contribution in [0.1, 0.15) is 64.7 Å². The lowest BCUT2D eigenvalue weighted by atomic mass is 9.94. The van der Waals surface area contributed by atoms with Crippen molar-refractivity contribution in [3.8, 4) is 11.5 Å². The molecule has 1 saturated carbocycles. The predicted octanol–water partition coefficient (Wildman–Crippen LogP) is 6.69. The second-order valence-corrected chi connectivity index (χ2v) is 12.3. The Labute approximate surface area is 264 Å². The first-order valence-electron chi connectivity index (χ1n) is 15.2. The zero-order chi connectivity index (χ0) is 31.5. The minimum absolute atomic E-state index is 0.0201. The largest absolute Gasteiger partial charge is 0.493 e. The van der Waals surface area contributed by atoms with Gasteiger partial charge in [-0.05, 0) is 87.2 Å². The van der Waals surface area contributed by atoms with Crippen LogP contribution in [-0.2, 0) is 22.5 Å². The fourth-order valence-corrected chi connectivity index (χ4v) is 6.36. The molecule has 44 heavy (non-hydrogen) atoms. The van der Waals surface area contributed by atoms with Gasteiger partial charge >= 0.3 is 12.0 Å². The lowest BCUT2D eigenvalue weighted by molar-refractivity contribution is -0.132. The van der Waals surface area contributed by atoms with Crippen LogP contribution in [0.15, 0.2) is 54.6 Å². The van der Waals surface area contributed by atoms with Crippen LogP contribution in [0.3, 0.4) is 0 Å². The normalized spacial score (nSPS) is 13.2. The fourth-order valence-electron chi connectivity index (χ4n) is 5.45. The van der Waals surface area contributed by atoms with Gasteiger partial charge in [-0.1, -0.05) is 25.3 Å². The van der Waals surface area contributed by atoms with Gasteiger partial charge in [-0.15, -0.1) is 11.3 Å². The first-order valence-corrected chi connectivity index (χ1v) is 16.0. The predicted molar refractivity (Wildman–Crippen MR) is 173 cm³/mol. The molecular weight excluding hydrogens is 578 g/mol. The molecule has 3 aromatic rings. The molecule has 10 heteroatoms. The van der Waals surface area contributed by atoms with Crippen molar-refractivity contribution in [3.05, 3.63) is 75.5 Å². The monoisotopic (exact) mass is 621 g/mol. The van der Waals surface area contributed by atoms with Crippen LogP contribution in [0.25, 0.3) is 0 Å². The molecule has 236 valence electrons. The molecule has 0 bridgehead atoms. The zero-order valence-corrected chi connectivity index (χ0v) is 26.9. The second-order valence-electron chi connectivity index (χ2n) is 10.9. The Hall–Kier alpha value is -4.05. The standard InChI is InChI=1S/C34H43N3O6S/c1-5-43-33(39)26-13-15-27(16-14-26)35-34(40)37(28-9-7-6-8-10-28)23-32(38)36(22-29-17-11-24(2)44-29)20-19-25-12-18-30(41-3)31(21-25)42-4/h11-18,21,28H,5-10,19-20,22-23H2,1-4H3,(H,35,40). The zero-order valence-electron chi connectivity index (χ0n) is 26.1. The summed E-state index contributed by atoms with van der Waals surface area (Å²) < 4.78 is 15.9. The summed E-state index contributed by atoms with van der Waals surface area (Å²) in [5.74, 6) is 0.791. The molecule has 2 aromatic carbocycles. The highest BCUT2D eigenvalue weighted by atomic mass is 32.1. The molecule has 0 atom stereocenters. The van der Waals surface area contributed by atoms with E-state index in [-0.39, 0.29) is 24.5 Å². The topological polar surface area (TPSA) is 97.4 Å². The highest BCUT2D eigenvalue weighted by Crippen LogP contribution is 2.28. The second kappa shape index (κ2) is 16.1. The number of hydrogen-bond acceptors (Lipinski definition) is 7. The summed E-state index contributed by atoms with van der Waals surface area (Å²) in [5, 5.41) is 2.96. The number of hydrogen-bond donors (Lipinski definition) is 1. The van der Waals surface area contributed by atoms with Crippen molar-refractivity contribution in [1.29, 1.82) is 0 Å². The van der Waals surface area contributed by atoms with Gasteiger partial charge in [0.15, 0.2) is 11.5 Å². The molecule has 3 amide bonds. The SMILES string of the molecule is CCOC(=O)c1ccc(NC(=O)N(CC(=O)N(CCc2ccc(OC)c(OC)c2)Cc2ccc(C)s2)C2CCCCC2)cc1. The van der Waals surface area contributed by atoms with Crippen LogP contribution in [-0.4, -0.2) is 67.7 Å². The average Bonchev–Trinajstić information content (AvgIpc) is 3.46. The van der Waals surface area contributed by atoms with Gasteiger partial charge in [0.25, 0.3) is 0 Å². The smallest absolute Gasteiger partial charge is 0.338 e. The Balaban J connectivity index is 1.51. The van der Waals surface area contributed by atoms with Gasteiger partial charge in [-0.25, -0.2) is 9.59 Å². The van der Waals surface area contributed by atoms with Crippen LogP contribution in [0, 0.1) is 6.92 Å². The van der Waals surface area contributed by atoms with Crippen molar-refractivity contribution in [2.24, 2.45) is 0 Å². The van der Waals surface area contributed by atoms with Crippen molar-refractivity contribution in [3.63, 3.8) is 0 Å². The maximum absolute atomic E-state index is 14.0. The van der Waals surface area contributed by atoms with E-state index in [0.717, 1.165) is 42.5 Å². The number of nitrogens with one attached hydrogen (secondary N) is 1. The number of benzene rings is 2. The average molecular weight is 622 g/mol. The summed E-state index contributed by atoms with van der Waals surface area (Å²) in [6.07, 6.45) is 5.52. The number of aryl methyl sites for hydroxylation is 1. The Morgan fingerprint density at radius 2 is 1.66 bits per heavy atom. The van der Waals surface area contributed by atoms with E-state index in [1.807, 2.05) is 23.1 Å². The summed E-state index contributed by atoms with van der Waals surface area (Å²) in [5.41, 5.74) is 1.99. The number of amides is 3. The first-order chi connectivity index (χ1) is 21.3. The van der Waals surface area contributed by atoms with Gasteiger partial charge < -0.3 is 29.3 Å². The lowest BCUT2D eigenvalue weighted by Crippen LogP contribution is -2.49. The number of rotatable bonds is 13. The number of ether oxygens (including phenoxy) is 3. The third-order valence-electron chi connectivity index (χ3n) is 7.84. The number of anilines is 1. The Bertz CT molecular complexity index is 1400. The molecule has 9 nitrogen and oxygen atoms in total. The van der Waals surface area contributed by atoms with E-state index in [2.05, 4.69) is 24.4 Å². The van der Waals surface area contributed by atoms with Crippen LogP contribution in [0.4, 0.5) is 10.5 Å². The molecule has 0 saturated heterocycles. The summed E-state index contributed by atoms with van der Waals surface area (Å²) in [4.78, 5) is 45.6. The van der Waals surface area contributed by atoms with E-state index in [0.29, 0.717) is 48.9 Å². The molecule has 1 aliphatic rings. The van der Waals surface area contributed by atoms with E-state index >= 15 is 0 Å². The van der Waals surface area contributed by atoms with Crippen molar-refractivity contribution in [2.45, 2.75) is 65.0 Å². The van der Waals surface area contributed by atoms with E-state index in [9.17, 15) is 14.4 Å². The molecular formula is C34H43N3O6S. The summed E-state index contributed by atoms with van der Waals surface area (Å²) in [7, 11) is 3.21. The third-order valence-corrected chi connectivity index (χ3v) is 8.83. The van der Waals surface area contributed by atoms with Gasteiger partial charge in [-0.3, -0.25) is 4.79 Å². The van der Waals surface area contributed by atoms with Crippen LogP contribution < -0.4 is 14.8 Å². The van der Waals surface area contributed by atoms with Crippen molar-refractivity contribution in [2.75, 3.05) is 39.2 Å². The molecule has 1 N–H and O–H groups in total. The van der Waals surface area contributed by atoms with E-state index in [4.69, 9.17) is 14.2 Å². The van der Waals surface area contributed by atoms with E-state index < -0.39 is 5.97 Å². The number of urea groups is 1. The maximum atomic E-state index is 14.0. The molecule has 0 unspecified atom stereocenters. The number of carbonyl (C=O) groups excluding carboxylic acids is 3. The van der Waals surface area contributed by atoms with Crippen molar-refractivity contribution < 1.29 is 28.6 Å². The van der Waals surface area contributed by atoms with Crippen LogP contribution in [0.2, 0.25) is 0 Å². The summed E-state index contributed by atoms with van der Waals surface area (Å²) in [6, 6.07) is 16.2. The summed E-state index contributed by atoms with van der Waals surface area (Å²) in [6.45, 7) is 5.04. The van der Waals surface area contributed by atoms with Gasteiger partial charge in [-0.2, -0.15) is 0 Å². The van der Waals surface area contributed by atoms with E-state index in [1.165, 1.54) is 4.88 Å². The van der Waals surface area contributed by atoms with Crippen molar-refractivity contribution >= 4 is 34.9 Å². The number of thiophene rings is 1. The Morgan fingerprint density at radius 3 is 2.30 bits per heavy atom. The van der Waals surface area contributed by atoms with Gasteiger partial charge in [0.2, 0.25) is 5.91 Å². The summed E-state index contributed by atoms with van der Waals surface area (Å²) >= 11 is 1.67. The lowest BCUT2D eigenvalue weighted by Gasteiger charge is -2.35. The van der Waals surface area contributed by atoms with Gasteiger partial charge in [0, 0.05) is 28.0 Å². The molecule has 1 aliphatic carbocycles. The highest BCUT2D eigenvalue weighted by molar-refractivity contribution is 7.11. The number of esters is 1. The van der Waals surface area contributed by atoms with Crippen molar-refractivity contribution in [1.82, 2.24) is 9.80 Å². The molecule has 1 fully saturated rings. The molecule has 1 heterocycles. The number of methoxy groups -OCH3 is 2. The molecule has 0 aliphatic heterocycles. The molecule has 0 spiro atoms. The first kappa shape index (κ1) is 32.9. The van der Waals surface area contributed by atoms with Crippen LogP contribution in [0.5, 0.6) is 11.5 Å². The minimum Gasteiger partial charge on any atom is -0.493 e. The number of nitrogens with zero attached hydrogens (tertiary/aromatic N) is 2. The molecule has 1 aromatic heterocycles. The third kappa shape index (κ3) is 8.98. The molecule has 4 rings (SSSR count). The highest BCUT2D eigenvalue weighted by Gasteiger charge is 2.29. The quantitative estimate of drug-likeness (QED) is 0.214. The fraction of sp³-hybridized carbons (Fsp3) is 0.441. The van der Waals surface area contributed by atoms with E-state index in [1.54, 1.807) is 61.6 Å². The molecule has 0 radical (unpaired) electrons.